The zero-order valence-corrected chi connectivity index (χ0v) is 13.3. The summed E-state index contributed by atoms with van der Waals surface area (Å²) in [5.74, 6) is 0.256. The molecule has 0 heterocycles. The van der Waals surface area contributed by atoms with Crippen molar-refractivity contribution in [2.24, 2.45) is 5.73 Å². The second-order valence-corrected chi connectivity index (χ2v) is 4.77. The molecule has 0 radical (unpaired) electrons. The Morgan fingerprint density at radius 2 is 2.10 bits per heavy atom. The number of methoxy groups -OCH3 is 1. The molecule has 3 N–H and O–H groups in total. The van der Waals surface area contributed by atoms with Gasteiger partial charge in [-0.15, -0.1) is 12.4 Å². The van der Waals surface area contributed by atoms with Crippen LogP contribution in [-0.4, -0.2) is 31.8 Å². The summed E-state index contributed by atoms with van der Waals surface area (Å²) < 4.78 is 10.3. The molecule has 0 aromatic heterocycles. The Morgan fingerprint density at radius 1 is 1.45 bits per heavy atom. The minimum Gasteiger partial charge on any atom is -0.489 e. The second-order valence-electron chi connectivity index (χ2n) is 4.36. The predicted octanol–water partition coefficient (Wildman–Crippen LogP) is 2.46. The summed E-state index contributed by atoms with van der Waals surface area (Å²) in [4.78, 5) is 11.7. The summed E-state index contributed by atoms with van der Waals surface area (Å²) in [5, 5.41) is 3.10. The highest BCUT2D eigenvalue weighted by Crippen LogP contribution is 2.28. The number of amides is 1. The van der Waals surface area contributed by atoms with Gasteiger partial charge in [0.25, 0.3) is 0 Å². The quantitative estimate of drug-likeness (QED) is 0.843. The van der Waals surface area contributed by atoms with E-state index in [1.54, 1.807) is 18.2 Å². The first-order valence-electron chi connectivity index (χ1n) is 5.95. The van der Waals surface area contributed by atoms with Crippen LogP contribution in [0.3, 0.4) is 0 Å². The standard InChI is InChI=1S/C13H19ClN2O3.ClH/c1-8(2)19-12-5-4-9(6-10(12)14)16-13(17)11(15)7-18-3;/h4-6,8,11H,7,15H2,1-3H3,(H,16,17);1H. The van der Waals surface area contributed by atoms with Gasteiger partial charge in [0.1, 0.15) is 11.8 Å². The number of carbonyl (C=O) groups excluding carboxylic acids is 1. The first-order valence-corrected chi connectivity index (χ1v) is 6.33. The van der Waals surface area contributed by atoms with Crippen LogP contribution >= 0.6 is 24.0 Å². The van der Waals surface area contributed by atoms with Crippen molar-refractivity contribution in [3.63, 3.8) is 0 Å². The Hall–Kier alpha value is -1.01. The maximum Gasteiger partial charge on any atom is 0.243 e. The molecule has 0 bridgehead atoms. The van der Waals surface area contributed by atoms with Gasteiger partial charge in [0.2, 0.25) is 5.91 Å². The highest BCUT2D eigenvalue weighted by atomic mass is 35.5. The molecule has 0 aliphatic heterocycles. The average molecular weight is 323 g/mol. The fourth-order valence-electron chi connectivity index (χ4n) is 1.42. The minimum atomic E-state index is -0.713. The van der Waals surface area contributed by atoms with E-state index in [9.17, 15) is 4.79 Å². The van der Waals surface area contributed by atoms with E-state index in [0.717, 1.165) is 0 Å². The lowest BCUT2D eigenvalue weighted by molar-refractivity contribution is -0.118. The molecule has 114 valence electrons. The predicted molar refractivity (Wildman–Crippen MR) is 82.9 cm³/mol. The first kappa shape index (κ1) is 19.0. The molecular weight excluding hydrogens is 303 g/mol. The van der Waals surface area contributed by atoms with Crippen LogP contribution in [0.15, 0.2) is 18.2 Å². The maximum atomic E-state index is 11.7. The lowest BCUT2D eigenvalue weighted by atomic mass is 10.2. The van der Waals surface area contributed by atoms with Gasteiger partial charge >= 0.3 is 0 Å². The van der Waals surface area contributed by atoms with Gasteiger partial charge in [-0.25, -0.2) is 0 Å². The third-order valence-corrected chi connectivity index (χ3v) is 2.54. The molecule has 0 saturated heterocycles. The molecule has 1 aromatic carbocycles. The van der Waals surface area contributed by atoms with E-state index in [2.05, 4.69) is 5.32 Å². The fourth-order valence-corrected chi connectivity index (χ4v) is 1.64. The number of ether oxygens (including phenoxy) is 2. The van der Waals surface area contributed by atoms with Crippen LogP contribution in [0, 0.1) is 0 Å². The van der Waals surface area contributed by atoms with E-state index in [1.807, 2.05) is 13.8 Å². The SMILES string of the molecule is COCC(N)C(=O)Nc1ccc(OC(C)C)c(Cl)c1.Cl. The summed E-state index contributed by atoms with van der Waals surface area (Å²) in [6.45, 7) is 3.99. The molecule has 0 saturated carbocycles. The highest BCUT2D eigenvalue weighted by Gasteiger charge is 2.14. The van der Waals surface area contributed by atoms with E-state index in [-0.39, 0.29) is 31.0 Å². The molecule has 7 heteroatoms. The molecule has 0 aliphatic rings. The molecule has 0 fully saturated rings. The number of anilines is 1. The van der Waals surface area contributed by atoms with E-state index in [1.165, 1.54) is 7.11 Å². The van der Waals surface area contributed by atoms with Crippen LogP contribution in [0.25, 0.3) is 0 Å². The highest BCUT2D eigenvalue weighted by molar-refractivity contribution is 6.32. The van der Waals surface area contributed by atoms with Crippen molar-refractivity contribution in [1.82, 2.24) is 0 Å². The lowest BCUT2D eigenvalue weighted by Crippen LogP contribution is -2.39. The molecule has 1 amide bonds. The van der Waals surface area contributed by atoms with Crippen molar-refractivity contribution in [3.05, 3.63) is 23.2 Å². The lowest BCUT2D eigenvalue weighted by Gasteiger charge is -2.14. The fraction of sp³-hybridized carbons (Fsp3) is 0.462. The van der Waals surface area contributed by atoms with Crippen molar-refractivity contribution in [2.45, 2.75) is 26.0 Å². The Kier molecular flexibility index (Phi) is 8.57. The topological polar surface area (TPSA) is 73.6 Å². The summed E-state index contributed by atoms with van der Waals surface area (Å²) in [6, 6.07) is 4.33. The number of nitrogens with one attached hydrogen (secondary N) is 1. The van der Waals surface area contributed by atoms with Gasteiger partial charge < -0.3 is 20.5 Å². The van der Waals surface area contributed by atoms with Crippen LogP contribution in [0.5, 0.6) is 5.75 Å². The van der Waals surface area contributed by atoms with Crippen LogP contribution in [0.1, 0.15) is 13.8 Å². The number of benzene rings is 1. The van der Waals surface area contributed by atoms with Crippen molar-refractivity contribution >= 4 is 35.6 Å². The Labute approximate surface area is 130 Å². The van der Waals surface area contributed by atoms with E-state index in [0.29, 0.717) is 16.5 Å². The first-order chi connectivity index (χ1) is 8.93. The summed E-state index contributed by atoms with van der Waals surface area (Å²) in [7, 11) is 1.49. The number of hydrogen-bond donors (Lipinski definition) is 2. The van der Waals surface area contributed by atoms with Crippen LogP contribution in [0.4, 0.5) is 5.69 Å². The number of hydrogen-bond acceptors (Lipinski definition) is 4. The molecule has 1 aromatic rings. The molecule has 1 atom stereocenters. The van der Waals surface area contributed by atoms with Crippen molar-refractivity contribution < 1.29 is 14.3 Å². The zero-order chi connectivity index (χ0) is 14.4. The molecular formula is C13H20Cl2N2O3. The maximum absolute atomic E-state index is 11.7. The summed E-state index contributed by atoms with van der Waals surface area (Å²) in [5.41, 5.74) is 6.18. The molecule has 0 spiro atoms. The van der Waals surface area contributed by atoms with E-state index >= 15 is 0 Å². The van der Waals surface area contributed by atoms with Gasteiger partial charge in [-0.1, -0.05) is 11.6 Å². The van der Waals surface area contributed by atoms with Crippen molar-refractivity contribution in [3.8, 4) is 5.75 Å². The van der Waals surface area contributed by atoms with Gasteiger partial charge in [0.05, 0.1) is 17.7 Å². The molecule has 1 unspecified atom stereocenters. The van der Waals surface area contributed by atoms with E-state index in [4.69, 9.17) is 26.8 Å². The minimum absolute atomic E-state index is 0. The summed E-state index contributed by atoms with van der Waals surface area (Å²) in [6.07, 6.45) is 0.0352. The second kappa shape index (κ2) is 9.02. The number of rotatable bonds is 6. The van der Waals surface area contributed by atoms with Gasteiger partial charge in [0, 0.05) is 12.8 Å². The number of carbonyl (C=O) groups is 1. The Morgan fingerprint density at radius 3 is 2.60 bits per heavy atom. The van der Waals surface area contributed by atoms with Gasteiger partial charge in [-0.2, -0.15) is 0 Å². The number of nitrogens with two attached hydrogens (primary N) is 1. The van der Waals surface area contributed by atoms with E-state index < -0.39 is 6.04 Å². The number of halogens is 2. The molecule has 20 heavy (non-hydrogen) atoms. The van der Waals surface area contributed by atoms with Gasteiger partial charge in [0.15, 0.2) is 0 Å². The average Bonchev–Trinajstić information content (AvgIpc) is 2.32. The molecule has 5 nitrogen and oxygen atoms in total. The van der Waals surface area contributed by atoms with Crippen LogP contribution in [0.2, 0.25) is 5.02 Å². The van der Waals surface area contributed by atoms with Gasteiger partial charge in [-0.05, 0) is 32.0 Å². The smallest absolute Gasteiger partial charge is 0.243 e. The zero-order valence-electron chi connectivity index (χ0n) is 11.7. The molecule has 1 rings (SSSR count). The van der Waals surface area contributed by atoms with Crippen molar-refractivity contribution in [1.29, 1.82) is 0 Å². The normalized spacial score (nSPS) is 11.7. The third kappa shape index (κ3) is 5.96. The Balaban J connectivity index is 0.00000361. The molecule has 0 aliphatic carbocycles. The summed E-state index contributed by atoms with van der Waals surface area (Å²) >= 11 is 6.07. The van der Waals surface area contributed by atoms with Gasteiger partial charge in [-0.3, -0.25) is 4.79 Å². The monoisotopic (exact) mass is 322 g/mol. The van der Waals surface area contributed by atoms with Crippen LogP contribution in [-0.2, 0) is 9.53 Å². The Bertz CT molecular complexity index is 442. The van der Waals surface area contributed by atoms with Crippen molar-refractivity contribution in [2.75, 3.05) is 19.0 Å². The largest absolute Gasteiger partial charge is 0.489 e. The van der Waals surface area contributed by atoms with Crippen LogP contribution < -0.4 is 15.8 Å². The third-order valence-electron chi connectivity index (χ3n) is 2.25.